The van der Waals surface area contributed by atoms with E-state index in [9.17, 15) is 4.79 Å². The van der Waals surface area contributed by atoms with Gasteiger partial charge in [0.05, 0.1) is 17.5 Å². The first-order valence-corrected chi connectivity index (χ1v) is 7.26. The summed E-state index contributed by atoms with van der Waals surface area (Å²) in [5, 5.41) is 0.545. The van der Waals surface area contributed by atoms with Gasteiger partial charge >= 0.3 is 11.7 Å². The zero-order valence-corrected chi connectivity index (χ0v) is 12.6. The van der Waals surface area contributed by atoms with Crippen molar-refractivity contribution in [2.24, 2.45) is 0 Å². The molecule has 0 spiro atoms. The number of alkyl halides is 1. The predicted octanol–water partition coefficient (Wildman–Crippen LogP) is 3.30. The van der Waals surface area contributed by atoms with Crippen molar-refractivity contribution < 1.29 is 9.15 Å². The zero-order valence-electron chi connectivity index (χ0n) is 11.0. The number of fused-ring (bicyclic) bond motifs is 1. The minimum Gasteiger partial charge on any atom is -0.450 e. The maximum atomic E-state index is 12.1. The molecule has 19 heavy (non-hydrogen) atoms. The fourth-order valence-electron chi connectivity index (χ4n) is 1.91. The molecular formula is C14H16BrNO3. The number of halogens is 1. The molecule has 5 heteroatoms. The van der Waals surface area contributed by atoms with E-state index in [1.165, 1.54) is 0 Å². The lowest BCUT2D eigenvalue weighted by molar-refractivity contribution is 0.229. The van der Waals surface area contributed by atoms with Crippen LogP contribution in [0.25, 0.3) is 10.9 Å². The van der Waals surface area contributed by atoms with E-state index >= 15 is 0 Å². The highest BCUT2D eigenvalue weighted by atomic mass is 79.9. The summed E-state index contributed by atoms with van der Waals surface area (Å²) in [4.78, 5) is 16.6. The van der Waals surface area contributed by atoms with E-state index < -0.39 is 0 Å². The summed E-state index contributed by atoms with van der Waals surface area (Å²) in [5.74, 6) is 0. The Morgan fingerprint density at radius 1 is 1.42 bits per heavy atom. The summed E-state index contributed by atoms with van der Waals surface area (Å²) in [6.07, 6.45) is 1.79. The number of aromatic nitrogens is 1. The van der Waals surface area contributed by atoms with Crippen LogP contribution < -0.4 is 10.4 Å². The van der Waals surface area contributed by atoms with Gasteiger partial charge in [-0.15, -0.1) is 0 Å². The van der Waals surface area contributed by atoms with E-state index in [2.05, 4.69) is 27.8 Å². The number of hydrogen-bond donors (Lipinski definition) is 0. The van der Waals surface area contributed by atoms with Gasteiger partial charge in [0.2, 0.25) is 0 Å². The molecule has 0 aliphatic rings. The van der Waals surface area contributed by atoms with E-state index in [4.69, 9.17) is 9.15 Å². The molecule has 1 atom stereocenters. The molecule has 1 aromatic heterocycles. The largest absolute Gasteiger partial charge is 0.450 e. The van der Waals surface area contributed by atoms with Crippen LogP contribution in [0.4, 0.5) is 0 Å². The highest BCUT2D eigenvalue weighted by Gasteiger charge is 2.13. The van der Waals surface area contributed by atoms with Gasteiger partial charge < -0.3 is 9.15 Å². The standard InChI is InChI=1S/C14H16BrNO3/c1-3-10(15)8-9-6-5-7-11-12(9)13(17)19-14(16-11)18-4-2/h5-7,10H,3-4,8H2,1-2H3. The molecule has 0 saturated carbocycles. The molecule has 2 aromatic rings. The first kappa shape index (κ1) is 14.1. The number of rotatable bonds is 5. The summed E-state index contributed by atoms with van der Waals surface area (Å²) in [6.45, 7) is 4.33. The third-order valence-electron chi connectivity index (χ3n) is 2.88. The average Bonchev–Trinajstić information content (AvgIpc) is 2.38. The molecule has 2 rings (SSSR count). The summed E-state index contributed by atoms with van der Waals surface area (Å²) < 4.78 is 10.2. The van der Waals surface area contributed by atoms with Gasteiger partial charge in [-0.1, -0.05) is 35.0 Å². The van der Waals surface area contributed by atoms with Crippen molar-refractivity contribution in [2.45, 2.75) is 31.5 Å². The maximum absolute atomic E-state index is 12.1. The van der Waals surface area contributed by atoms with Crippen molar-refractivity contribution in [1.82, 2.24) is 4.98 Å². The molecule has 1 heterocycles. The van der Waals surface area contributed by atoms with Gasteiger partial charge in [-0.05, 0) is 31.4 Å². The Kier molecular flexibility index (Phi) is 4.58. The lowest BCUT2D eigenvalue weighted by Crippen LogP contribution is -2.10. The van der Waals surface area contributed by atoms with Crippen molar-refractivity contribution in [3.05, 3.63) is 34.2 Å². The third-order valence-corrected chi connectivity index (χ3v) is 3.85. The third kappa shape index (κ3) is 3.15. The van der Waals surface area contributed by atoms with Crippen LogP contribution in [0.15, 0.2) is 27.4 Å². The number of ether oxygens (including phenoxy) is 1. The quantitative estimate of drug-likeness (QED) is 0.791. The molecule has 4 nitrogen and oxygen atoms in total. The fraction of sp³-hybridized carbons (Fsp3) is 0.429. The zero-order chi connectivity index (χ0) is 13.8. The first-order valence-electron chi connectivity index (χ1n) is 6.35. The van der Waals surface area contributed by atoms with Crippen LogP contribution in [-0.4, -0.2) is 16.4 Å². The van der Waals surface area contributed by atoms with E-state index in [0.717, 1.165) is 18.4 Å². The van der Waals surface area contributed by atoms with Gasteiger partial charge in [0.25, 0.3) is 0 Å². The van der Waals surface area contributed by atoms with Crippen molar-refractivity contribution >= 4 is 26.8 Å². The minimum atomic E-state index is -0.389. The van der Waals surface area contributed by atoms with Gasteiger partial charge in [0.15, 0.2) is 0 Å². The van der Waals surface area contributed by atoms with Crippen molar-refractivity contribution in [3.8, 4) is 6.08 Å². The van der Waals surface area contributed by atoms with Crippen molar-refractivity contribution in [2.75, 3.05) is 6.61 Å². The molecule has 0 amide bonds. The van der Waals surface area contributed by atoms with E-state index in [-0.39, 0.29) is 11.7 Å². The van der Waals surface area contributed by atoms with E-state index in [1.54, 1.807) is 6.07 Å². The topological polar surface area (TPSA) is 52.3 Å². The van der Waals surface area contributed by atoms with Gasteiger partial charge in [0.1, 0.15) is 0 Å². The molecule has 0 radical (unpaired) electrons. The van der Waals surface area contributed by atoms with Gasteiger partial charge in [-0.2, -0.15) is 4.98 Å². The van der Waals surface area contributed by atoms with Crippen LogP contribution in [0.2, 0.25) is 0 Å². The molecule has 0 fully saturated rings. The predicted molar refractivity (Wildman–Crippen MR) is 78.2 cm³/mol. The Bertz CT molecular complexity index is 624. The smallest absolute Gasteiger partial charge is 0.397 e. The second kappa shape index (κ2) is 6.19. The number of nitrogens with zero attached hydrogens (tertiary/aromatic N) is 1. The second-order valence-corrected chi connectivity index (χ2v) is 5.52. The monoisotopic (exact) mass is 325 g/mol. The highest BCUT2D eigenvalue weighted by Crippen LogP contribution is 2.20. The second-order valence-electron chi connectivity index (χ2n) is 4.22. The van der Waals surface area contributed by atoms with Crippen molar-refractivity contribution in [1.29, 1.82) is 0 Å². The molecule has 1 aromatic carbocycles. The highest BCUT2D eigenvalue weighted by molar-refractivity contribution is 9.09. The minimum absolute atomic E-state index is 0.0306. The maximum Gasteiger partial charge on any atom is 0.397 e. The number of benzene rings is 1. The Morgan fingerprint density at radius 3 is 2.89 bits per heavy atom. The molecule has 0 aliphatic carbocycles. The molecule has 1 unspecified atom stereocenters. The lowest BCUT2D eigenvalue weighted by atomic mass is 10.0. The van der Waals surface area contributed by atoms with Crippen molar-refractivity contribution in [3.63, 3.8) is 0 Å². The van der Waals surface area contributed by atoms with Crippen LogP contribution in [0.3, 0.4) is 0 Å². The molecule has 0 aliphatic heterocycles. The van der Waals surface area contributed by atoms with E-state index in [0.29, 0.717) is 22.3 Å². The van der Waals surface area contributed by atoms with Crippen LogP contribution in [-0.2, 0) is 6.42 Å². The summed E-state index contributed by atoms with van der Waals surface area (Å²) in [7, 11) is 0. The first-order chi connectivity index (χ1) is 9.15. The van der Waals surface area contributed by atoms with E-state index in [1.807, 2.05) is 19.1 Å². The van der Waals surface area contributed by atoms with Gasteiger partial charge in [-0.25, -0.2) is 4.79 Å². The Morgan fingerprint density at radius 2 is 2.21 bits per heavy atom. The van der Waals surface area contributed by atoms with Crippen LogP contribution in [0.5, 0.6) is 6.08 Å². The molecule has 0 saturated heterocycles. The molecule has 102 valence electrons. The summed E-state index contributed by atoms with van der Waals surface area (Å²) in [5.41, 5.74) is 1.18. The SMILES string of the molecule is CCOc1nc2cccc(CC(Br)CC)c2c(=O)o1. The van der Waals surface area contributed by atoms with Gasteiger partial charge in [-0.3, -0.25) is 0 Å². The lowest BCUT2D eigenvalue weighted by Gasteiger charge is -2.09. The van der Waals surface area contributed by atoms with Gasteiger partial charge in [0, 0.05) is 4.83 Å². The Labute approximate surface area is 119 Å². The van der Waals surface area contributed by atoms with Crippen LogP contribution in [0, 0.1) is 0 Å². The fourth-order valence-corrected chi connectivity index (χ4v) is 2.25. The molecular weight excluding hydrogens is 310 g/mol. The Hall–Kier alpha value is -1.36. The normalized spacial score (nSPS) is 12.6. The van der Waals surface area contributed by atoms with Crippen LogP contribution >= 0.6 is 15.9 Å². The number of hydrogen-bond acceptors (Lipinski definition) is 4. The molecule has 0 bridgehead atoms. The average molecular weight is 326 g/mol. The summed E-state index contributed by atoms with van der Waals surface area (Å²) >= 11 is 3.59. The Balaban J connectivity index is 2.53. The molecule has 0 N–H and O–H groups in total. The van der Waals surface area contributed by atoms with Crippen LogP contribution in [0.1, 0.15) is 25.8 Å². The summed E-state index contributed by atoms with van der Waals surface area (Å²) in [6, 6.07) is 5.63.